The number of hydrogen-bond acceptors (Lipinski definition) is 6. The van der Waals surface area contributed by atoms with Gasteiger partial charge in [-0.05, 0) is 31.0 Å². The first-order valence-corrected chi connectivity index (χ1v) is 6.82. The molecule has 0 radical (unpaired) electrons. The standard InChI is InChI=1S/C15H17N3O3/c1-20-15(19)12-6-7-17-14(13(12)16)18(10-4-5-10)9-11-3-2-8-21-11/h2-3,6-8,10H,4-5,9,16H2,1H3. The largest absolute Gasteiger partial charge is 0.467 e. The first-order chi connectivity index (χ1) is 10.2. The van der Waals surface area contributed by atoms with E-state index < -0.39 is 5.97 Å². The Morgan fingerprint density at radius 1 is 1.52 bits per heavy atom. The Hall–Kier alpha value is -2.50. The number of pyridine rings is 1. The van der Waals surface area contributed by atoms with Gasteiger partial charge in [0.25, 0.3) is 0 Å². The van der Waals surface area contributed by atoms with E-state index in [1.807, 2.05) is 12.1 Å². The van der Waals surface area contributed by atoms with Crippen molar-refractivity contribution < 1.29 is 13.9 Å². The topological polar surface area (TPSA) is 81.6 Å². The summed E-state index contributed by atoms with van der Waals surface area (Å²) in [6.45, 7) is 0.583. The van der Waals surface area contributed by atoms with Gasteiger partial charge >= 0.3 is 5.97 Å². The van der Waals surface area contributed by atoms with Crippen LogP contribution in [0.2, 0.25) is 0 Å². The van der Waals surface area contributed by atoms with Crippen molar-refractivity contribution in [1.29, 1.82) is 0 Å². The van der Waals surface area contributed by atoms with Crippen LogP contribution in [0.3, 0.4) is 0 Å². The quantitative estimate of drug-likeness (QED) is 0.849. The van der Waals surface area contributed by atoms with Crippen LogP contribution in [0.25, 0.3) is 0 Å². The molecule has 0 amide bonds. The van der Waals surface area contributed by atoms with E-state index in [1.54, 1.807) is 18.5 Å². The van der Waals surface area contributed by atoms with Gasteiger partial charge in [-0.15, -0.1) is 0 Å². The summed E-state index contributed by atoms with van der Waals surface area (Å²) in [5, 5.41) is 0. The van der Waals surface area contributed by atoms with Crippen LogP contribution in [-0.4, -0.2) is 24.1 Å². The number of hydrogen-bond donors (Lipinski definition) is 1. The summed E-state index contributed by atoms with van der Waals surface area (Å²) in [4.78, 5) is 18.2. The second-order valence-electron chi connectivity index (χ2n) is 5.03. The SMILES string of the molecule is COC(=O)c1ccnc(N(Cc2ccco2)C2CC2)c1N. The number of furan rings is 1. The molecule has 0 bridgehead atoms. The van der Waals surface area contributed by atoms with Gasteiger partial charge in [0, 0.05) is 12.2 Å². The molecule has 2 aromatic heterocycles. The Morgan fingerprint density at radius 3 is 2.95 bits per heavy atom. The van der Waals surface area contributed by atoms with E-state index in [0.717, 1.165) is 18.6 Å². The lowest BCUT2D eigenvalue weighted by molar-refractivity contribution is 0.0602. The van der Waals surface area contributed by atoms with Crippen LogP contribution in [0.15, 0.2) is 35.1 Å². The van der Waals surface area contributed by atoms with Crippen molar-refractivity contribution in [2.75, 3.05) is 17.7 Å². The highest BCUT2D eigenvalue weighted by atomic mass is 16.5. The monoisotopic (exact) mass is 287 g/mol. The number of anilines is 2. The Bertz CT molecular complexity index is 636. The van der Waals surface area contributed by atoms with Crippen molar-refractivity contribution in [3.8, 4) is 0 Å². The van der Waals surface area contributed by atoms with Crippen molar-refractivity contribution >= 4 is 17.5 Å². The van der Waals surface area contributed by atoms with Crippen molar-refractivity contribution in [1.82, 2.24) is 4.98 Å². The summed E-state index contributed by atoms with van der Waals surface area (Å²) >= 11 is 0. The van der Waals surface area contributed by atoms with Gasteiger partial charge in [0.2, 0.25) is 0 Å². The van der Waals surface area contributed by atoms with Gasteiger partial charge in [-0.2, -0.15) is 0 Å². The molecule has 0 saturated heterocycles. The third-order valence-corrected chi connectivity index (χ3v) is 3.54. The molecular weight excluding hydrogens is 270 g/mol. The molecule has 0 aromatic carbocycles. The van der Waals surface area contributed by atoms with Gasteiger partial charge < -0.3 is 19.8 Å². The molecule has 0 unspecified atom stereocenters. The minimum Gasteiger partial charge on any atom is -0.467 e. The molecule has 0 spiro atoms. The van der Waals surface area contributed by atoms with E-state index in [2.05, 4.69) is 9.88 Å². The molecule has 1 fully saturated rings. The zero-order chi connectivity index (χ0) is 14.8. The number of esters is 1. The lowest BCUT2D eigenvalue weighted by atomic mass is 10.2. The first kappa shape index (κ1) is 13.5. The van der Waals surface area contributed by atoms with E-state index >= 15 is 0 Å². The maximum absolute atomic E-state index is 11.7. The first-order valence-electron chi connectivity index (χ1n) is 6.82. The van der Waals surface area contributed by atoms with Crippen LogP contribution in [0.4, 0.5) is 11.5 Å². The highest BCUT2D eigenvalue weighted by molar-refractivity contribution is 5.97. The number of ether oxygens (including phenoxy) is 1. The van der Waals surface area contributed by atoms with Crippen LogP contribution >= 0.6 is 0 Å². The van der Waals surface area contributed by atoms with E-state index in [-0.39, 0.29) is 0 Å². The van der Waals surface area contributed by atoms with E-state index in [9.17, 15) is 4.79 Å². The Labute approximate surface area is 122 Å². The summed E-state index contributed by atoms with van der Waals surface area (Å²) in [6.07, 6.45) is 5.39. The zero-order valence-electron chi connectivity index (χ0n) is 11.8. The molecule has 0 atom stereocenters. The second kappa shape index (κ2) is 5.47. The minimum atomic E-state index is -0.454. The summed E-state index contributed by atoms with van der Waals surface area (Å²) < 4.78 is 10.2. The number of rotatable bonds is 5. The van der Waals surface area contributed by atoms with E-state index in [1.165, 1.54) is 7.11 Å². The molecular formula is C15H17N3O3. The number of methoxy groups -OCH3 is 1. The van der Waals surface area contributed by atoms with Crippen LogP contribution in [0.1, 0.15) is 29.0 Å². The van der Waals surface area contributed by atoms with E-state index in [0.29, 0.717) is 29.7 Å². The molecule has 0 aliphatic heterocycles. The number of aromatic nitrogens is 1. The molecule has 2 N–H and O–H groups in total. The van der Waals surface area contributed by atoms with Crippen molar-refractivity contribution in [2.45, 2.75) is 25.4 Å². The molecule has 1 aliphatic carbocycles. The number of nitrogens with zero attached hydrogens (tertiary/aromatic N) is 2. The van der Waals surface area contributed by atoms with Crippen LogP contribution in [0, 0.1) is 0 Å². The maximum atomic E-state index is 11.7. The number of nitrogen functional groups attached to an aromatic ring is 1. The fourth-order valence-electron chi connectivity index (χ4n) is 2.31. The third kappa shape index (κ3) is 2.69. The minimum absolute atomic E-state index is 0.340. The number of carbonyl (C=O) groups is 1. The molecule has 21 heavy (non-hydrogen) atoms. The fraction of sp³-hybridized carbons (Fsp3) is 0.333. The second-order valence-corrected chi connectivity index (χ2v) is 5.03. The fourth-order valence-corrected chi connectivity index (χ4v) is 2.31. The average Bonchev–Trinajstić information content (AvgIpc) is 3.21. The molecule has 6 heteroatoms. The Morgan fingerprint density at radius 2 is 2.33 bits per heavy atom. The molecule has 6 nitrogen and oxygen atoms in total. The normalized spacial score (nSPS) is 14.0. The van der Waals surface area contributed by atoms with Gasteiger partial charge in [-0.1, -0.05) is 0 Å². The predicted octanol–water partition coefficient (Wildman–Crippen LogP) is 2.21. The summed E-state index contributed by atoms with van der Waals surface area (Å²) in [5.74, 6) is 0.994. The number of nitrogens with two attached hydrogens (primary N) is 1. The molecule has 3 rings (SSSR count). The molecule has 2 heterocycles. The van der Waals surface area contributed by atoms with Crippen molar-refractivity contribution in [2.24, 2.45) is 0 Å². The van der Waals surface area contributed by atoms with Crippen LogP contribution in [-0.2, 0) is 11.3 Å². The van der Waals surface area contributed by atoms with Gasteiger partial charge in [-0.3, -0.25) is 0 Å². The average molecular weight is 287 g/mol. The lowest BCUT2D eigenvalue weighted by Gasteiger charge is -2.24. The summed E-state index contributed by atoms with van der Waals surface area (Å²) in [5.41, 5.74) is 6.81. The maximum Gasteiger partial charge on any atom is 0.340 e. The zero-order valence-corrected chi connectivity index (χ0v) is 11.8. The van der Waals surface area contributed by atoms with Gasteiger partial charge in [0.05, 0.1) is 31.2 Å². The summed E-state index contributed by atoms with van der Waals surface area (Å²) in [6, 6.07) is 5.72. The van der Waals surface area contributed by atoms with Crippen molar-refractivity contribution in [3.05, 3.63) is 42.0 Å². The highest BCUT2D eigenvalue weighted by Gasteiger charge is 2.32. The Kier molecular flexibility index (Phi) is 3.51. The van der Waals surface area contributed by atoms with Crippen LogP contribution in [0.5, 0.6) is 0 Å². The number of carbonyl (C=O) groups excluding carboxylic acids is 1. The molecule has 110 valence electrons. The van der Waals surface area contributed by atoms with Gasteiger partial charge in [0.15, 0.2) is 5.82 Å². The van der Waals surface area contributed by atoms with E-state index in [4.69, 9.17) is 14.9 Å². The molecule has 1 saturated carbocycles. The molecule has 2 aromatic rings. The van der Waals surface area contributed by atoms with Gasteiger partial charge in [0.1, 0.15) is 5.76 Å². The highest BCUT2D eigenvalue weighted by Crippen LogP contribution is 2.36. The summed E-state index contributed by atoms with van der Waals surface area (Å²) in [7, 11) is 1.34. The predicted molar refractivity (Wildman–Crippen MR) is 77.9 cm³/mol. The lowest BCUT2D eigenvalue weighted by Crippen LogP contribution is -2.27. The third-order valence-electron chi connectivity index (χ3n) is 3.54. The van der Waals surface area contributed by atoms with Crippen molar-refractivity contribution in [3.63, 3.8) is 0 Å². The smallest absolute Gasteiger partial charge is 0.340 e. The van der Waals surface area contributed by atoms with Crippen LogP contribution < -0.4 is 10.6 Å². The molecule has 1 aliphatic rings. The Balaban J connectivity index is 1.94. The van der Waals surface area contributed by atoms with Gasteiger partial charge in [-0.25, -0.2) is 9.78 Å².